The topological polar surface area (TPSA) is 56.1 Å². The predicted molar refractivity (Wildman–Crippen MR) is 89.2 cm³/mol. The summed E-state index contributed by atoms with van der Waals surface area (Å²) in [6.07, 6.45) is 2.65. The third-order valence-corrected chi connectivity index (χ3v) is 3.93. The second-order valence-corrected chi connectivity index (χ2v) is 6.28. The van der Waals surface area contributed by atoms with Crippen LogP contribution in [0.25, 0.3) is 10.8 Å². The second kappa shape index (κ2) is 7.03. The molecule has 1 aromatic carbocycles. The van der Waals surface area contributed by atoms with Crippen LogP contribution >= 0.6 is 0 Å². The van der Waals surface area contributed by atoms with Crippen molar-refractivity contribution in [3.05, 3.63) is 40.8 Å². The molecular formula is C17H25N3O2. The number of rotatable bonds is 7. The number of aromatic nitrogens is 2. The summed E-state index contributed by atoms with van der Waals surface area (Å²) >= 11 is 0. The van der Waals surface area contributed by atoms with Gasteiger partial charge in [-0.1, -0.05) is 18.2 Å². The molecule has 0 unspecified atom stereocenters. The molecule has 5 nitrogen and oxygen atoms in total. The summed E-state index contributed by atoms with van der Waals surface area (Å²) in [6.45, 7) is 7.52. The predicted octanol–water partition coefficient (Wildman–Crippen LogP) is 2.19. The van der Waals surface area contributed by atoms with Crippen LogP contribution in [-0.2, 0) is 11.3 Å². The maximum atomic E-state index is 12.3. The molecule has 0 aliphatic heterocycles. The third kappa shape index (κ3) is 4.15. The fraction of sp³-hybridized carbons (Fsp3) is 0.529. The molecule has 0 aliphatic carbocycles. The molecule has 120 valence electrons. The van der Waals surface area contributed by atoms with Crippen LogP contribution in [0, 0.1) is 0 Å². The van der Waals surface area contributed by atoms with Crippen molar-refractivity contribution in [3.8, 4) is 0 Å². The van der Waals surface area contributed by atoms with Gasteiger partial charge in [0.25, 0.3) is 5.56 Å². The van der Waals surface area contributed by atoms with Crippen LogP contribution in [0.1, 0.15) is 27.2 Å². The van der Waals surface area contributed by atoms with Crippen molar-refractivity contribution >= 4 is 10.8 Å². The monoisotopic (exact) mass is 303 g/mol. The normalized spacial score (nSPS) is 13.5. The van der Waals surface area contributed by atoms with E-state index >= 15 is 0 Å². The van der Waals surface area contributed by atoms with Crippen LogP contribution < -0.4 is 10.9 Å². The number of methoxy groups -OCH3 is 1. The zero-order chi connectivity index (χ0) is 16.2. The maximum Gasteiger partial charge on any atom is 0.274 e. The minimum absolute atomic E-state index is 0.0372. The van der Waals surface area contributed by atoms with E-state index < -0.39 is 0 Å². The SMILES string of the molecule is COC(C)(C)C[C@H](C)NCCn1ncc2ccccc2c1=O. The lowest BCUT2D eigenvalue weighted by Gasteiger charge is -2.27. The Labute approximate surface area is 131 Å². The Hall–Kier alpha value is -1.72. The van der Waals surface area contributed by atoms with Crippen molar-refractivity contribution in [1.82, 2.24) is 15.1 Å². The zero-order valence-corrected chi connectivity index (χ0v) is 13.8. The van der Waals surface area contributed by atoms with Gasteiger partial charge in [0.2, 0.25) is 0 Å². The highest BCUT2D eigenvalue weighted by Crippen LogP contribution is 2.15. The number of ether oxygens (including phenoxy) is 1. The smallest absolute Gasteiger partial charge is 0.274 e. The lowest BCUT2D eigenvalue weighted by Crippen LogP contribution is -2.38. The van der Waals surface area contributed by atoms with E-state index in [9.17, 15) is 4.79 Å². The van der Waals surface area contributed by atoms with Gasteiger partial charge in [-0.3, -0.25) is 4.79 Å². The van der Waals surface area contributed by atoms with Crippen LogP contribution in [0.4, 0.5) is 0 Å². The quantitative estimate of drug-likeness (QED) is 0.852. The van der Waals surface area contributed by atoms with Crippen molar-refractivity contribution in [2.24, 2.45) is 0 Å². The molecule has 0 spiro atoms. The highest BCUT2D eigenvalue weighted by Gasteiger charge is 2.19. The molecule has 22 heavy (non-hydrogen) atoms. The Balaban J connectivity index is 1.95. The van der Waals surface area contributed by atoms with E-state index in [1.165, 1.54) is 4.68 Å². The lowest BCUT2D eigenvalue weighted by atomic mass is 10.00. The molecule has 0 fully saturated rings. The van der Waals surface area contributed by atoms with Gasteiger partial charge in [-0.25, -0.2) is 4.68 Å². The number of hydrogen-bond acceptors (Lipinski definition) is 4. The molecule has 0 radical (unpaired) electrons. The van der Waals surface area contributed by atoms with Crippen molar-refractivity contribution in [1.29, 1.82) is 0 Å². The van der Waals surface area contributed by atoms with E-state index in [0.29, 0.717) is 24.5 Å². The van der Waals surface area contributed by atoms with Crippen molar-refractivity contribution < 1.29 is 4.74 Å². The Kier molecular flexibility index (Phi) is 5.32. The Morgan fingerprint density at radius 1 is 1.36 bits per heavy atom. The van der Waals surface area contributed by atoms with E-state index in [0.717, 1.165) is 11.8 Å². The van der Waals surface area contributed by atoms with E-state index in [2.05, 4.69) is 31.2 Å². The first-order chi connectivity index (χ1) is 10.4. The zero-order valence-electron chi connectivity index (χ0n) is 13.8. The molecular weight excluding hydrogens is 278 g/mol. The maximum absolute atomic E-state index is 12.3. The van der Waals surface area contributed by atoms with Gasteiger partial charge in [0.05, 0.1) is 23.7 Å². The Bertz CT molecular complexity index is 679. The van der Waals surface area contributed by atoms with Crippen LogP contribution in [0.15, 0.2) is 35.3 Å². The van der Waals surface area contributed by atoms with Crippen LogP contribution in [0.3, 0.4) is 0 Å². The summed E-state index contributed by atoms with van der Waals surface area (Å²) in [5, 5.41) is 9.25. The summed E-state index contributed by atoms with van der Waals surface area (Å²) in [6, 6.07) is 7.84. The van der Waals surface area contributed by atoms with Crippen molar-refractivity contribution in [2.75, 3.05) is 13.7 Å². The largest absolute Gasteiger partial charge is 0.379 e. The number of nitrogens with zero attached hydrogens (tertiary/aromatic N) is 2. The van der Waals surface area contributed by atoms with E-state index in [4.69, 9.17) is 4.74 Å². The summed E-state index contributed by atoms with van der Waals surface area (Å²) in [4.78, 5) is 12.3. The molecule has 0 aliphatic rings. The average molecular weight is 303 g/mol. The third-order valence-electron chi connectivity index (χ3n) is 3.93. The van der Waals surface area contributed by atoms with Crippen molar-refractivity contribution in [2.45, 2.75) is 45.4 Å². The number of hydrogen-bond donors (Lipinski definition) is 1. The molecule has 2 rings (SSSR count). The van der Waals surface area contributed by atoms with Crippen molar-refractivity contribution in [3.63, 3.8) is 0 Å². The molecule has 1 N–H and O–H groups in total. The molecule has 0 bridgehead atoms. The first kappa shape index (κ1) is 16.6. The lowest BCUT2D eigenvalue weighted by molar-refractivity contribution is 0.00854. The van der Waals surface area contributed by atoms with Crippen LogP contribution in [-0.4, -0.2) is 35.1 Å². The summed E-state index contributed by atoms with van der Waals surface area (Å²) in [7, 11) is 1.73. The number of fused-ring (bicyclic) bond motifs is 1. The van der Waals surface area contributed by atoms with E-state index in [1.807, 2.05) is 24.3 Å². The minimum Gasteiger partial charge on any atom is -0.379 e. The summed E-state index contributed by atoms with van der Waals surface area (Å²) < 4.78 is 6.95. The van der Waals surface area contributed by atoms with Gasteiger partial charge >= 0.3 is 0 Å². The highest BCUT2D eigenvalue weighted by atomic mass is 16.5. The number of nitrogens with one attached hydrogen (secondary N) is 1. The Morgan fingerprint density at radius 2 is 2.09 bits per heavy atom. The first-order valence-electron chi connectivity index (χ1n) is 7.66. The standard InChI is InChI=1S/C17H25N3O2/c1-13(11-17(2,3)22-4)18-9-10-20-16(21)15-8-6-5-7-14(15)12-19-20/h5-8,12-13,18H,9-11H2,1-4H3/t13-/m0/s1. The molecule has 1 atom stereocenters. The highest BCUT2D eigenvalue weighted by molar-refractivity contribution is 5.80. The van der Waals surface area contributed by atoms with Gasteiger partial charge in [0, 0.05) is 25.1 Å². The van der Waals surface area contributed by atoms with Crippen LogP contribution in [0.2, 0.25) is 0 Å². The van der Waals surface area contributed by atoms with Gasteiger partial charge < -0.3 is 10.1 Å². The number of benzene rings is 1. The van der Waals surface area contributed by atoms with Gasteiger partial charge in [-0.2, -0.15) is 5.10 Å². The van der Waals surface area contributed by atoms with Gasteiger partial charge in [-0.05, 0) is 33.3 Å². The molecule has 1 heterocycles. The Morgan fingerprint density at radius 3 is 2.82 bits per heavy atom. The second-order valence-electron chi connectivity index (χ2n) is 6.28. The van der Waals surface area contributed by atoms with Gasteiger partial charge in [0.15, 0.2) is 0 Å². The first-order valence-corrected chi connectivity index (χ1v) is 7.66. The fourth-order valence-corrected chi connectivity index (χ4v) is 2.60. The van der Waals surface area contributed by atoms with E-state index in [1.54, 1.807) is 13.3 Å². The fourth-order valence-electron chi connectivity index (χ4n) is 2.60. The molecule has 1 aromatic heterocycles. The minimum atomic E-state index is -0.148. The van der Waals surface area contributed by atoms with E-state index in [-0.39, 0.29) is 11.2 Å². The molecule has 0 amide bonds. The van der Waals surface area contributed by atoms with Gasteiger partial charge in [-0.15, -0.1) is 0 Å². The average Bonchev–Trinajstić information content (AvgIpc) is 2.49. The molecule has 0 saturated carbocycles. The molecule has 0 saturated heterocycles. The molecule has 2 aromatic rings. The van der Waals surface area contributed by atoms with Crippen LogP contribution in [0.5, 0.6) is 0 Å². The van der Waals surface area contributed by atoms with Gasteiger partial charge in [0.1, 0.15) is 0 Å². The summed E-state index contributed by atoms with van der Waals surface area (Å²) in [5.74, 6) is 0. The molecule has 5 heteroatoms. The summed E-state index contributed by atoms with van der Waals surface area (Å²) in [5.41, 5.74) is -0.186.